The van der Waals surface area contributed by atoms with Crippen molar-refractivity contribution in [2.75, 3.05) is 26.7 Å². The molecule has 1 atom stereocenters. The summed E-state index contributed by atoms with van der Waals surface area (Å²) >= 11 is 0. The molecule has 6 nitrogen and oxygen atoms in total. The molecule has 0 radical (unpaired) electrons. The molecule has 1 unspecified atom stereocenters. The number of carbonyl (C=O) groups excluding carboxylic acids is 2. The van der Waals surface area contributed by atoms with Crippen molar-refractivity contribution in [3.63, 3.8) is 0 Å². The molecular formula is C19H25N3O3. The molecule has 0 aromatic carbocycles. The zero-order valence-corrected chi connectivity index (χ0v) is 14.9. The number of β-lactam (4-membered cyclic amide) rings is 1. The van der Waals surface area contributed by atoms with Crippen LogP contribution in [0.25, 0.3) is 0 Å². The Morgan fingerprint density at radius 3 is 2.60 bits per heavy atom. The summed E-state index contributed by atoms with van der Waals surface area (Å²) in [4.78, 5) is 33.2. The van der Waals surface area contributed by atoms with E-state index in [0.29, 0.717) is 24.6 Å². The third-order valence-electron chi connectivity index (χ3n) is 5.96. The van der Waals surface area contributed by atoms with Gasteiger partial charge in [-0.15, -0.1) is 0 Å². The maximum absolute atomic E-state index is 12.7. The van der Waals surface area contributed by atoms with E-state index in [2.05, 4.69) is 4.98 Å². The van der Waals surface area contributed by atoms with Gasteiger partial charge < -0.3 is 14.5 Å². The van der Waals surface area contributed by atoms with Crippen molar-refractivity contribution in [1.29, 1.82) is 0 Å². The minimum absolute atomic E-state index is 0.0238. The normalized spacial score (nSPS) is 25.2. The number of rotatable bonds is 4. The quantitative estimate of drug-likeness (QED) is 0.780. The first-order chi connectivity index (χ1) is 12.0. The van der Waals surface area contributed by atoms with Crippen LogP contribution in [0.5, 0.6) is 0 Å². The van der Waals surface area contributed by atoms with Crippen molar-refractivity contribution >= 4 is 11.8 Å². The number of nitrogens with zero attached hydrogens (tertiary/aromatic N) is 3. The van der Waals surface area contributed by atoms with Crippen LogP contribution in [-0.4, -0.2) is 65.0 Å². The number of piperidine rings is 1. The lowest BCUT2D eigenvalue weighted by Gasteiger charge is -2.59. The Morgan fingerprint density at radius 2 is 2.04 bits per heavy atom. The van der Waals surface area contributed by atoms with Gasteiger partial charge in [-0.05, 0) is 50.7 Å². The van der Waals surface area contributed by atoms with Crippen molar-refractivity contribution in [3.05, 3.63) is 29.6 Å². The average molecular weight is 343 g/mol. The molecular weight excluding hydrogens is 318 g/mol. The molecule has 3 aliphatic rings. The number of amides is 2. The minimum atomic E-state index is -0.343. The smallest absolute Gasteiger partial charge is 0.255 e. The Morgan fingerprint density at radius 1 is 1.32 bits per heavy atom. The summed E-state index contributed by atoms with van der Waals surface area (Å²) in [5.41, 5.74) is 1.32. The fraction of sp³-hybridized carbons (Fsp3) is 0.632. The number of hydrogen-bond acceptors (Lipinski definition) is 4. The van der Waals surface area contributed by atoms with E-state index in [-0.39, 0.29) is 23.5 Å². The molecule has 1 aliphatic carbocycles. The van der Waals surface area contributed by atoms with E-state index in [1.54, 1.807) is 13.3 Å². The van der Waals surface area contributed by atoms with Crippen molar-refractivity contribution in [1.82, 2.24) is 14.8 Å². The van der Waals surface area contributed by atoms with E-state index in [4.69, 9.17) is 4.74 Å². The fourth-order valence-electron chi connectivity index (χ4n) is 4.22. The first-order valence-corrected chi connectivity index (χ1v) is 9.11. The number of likely N-dealkylation sites (tertiary alicyclic amines) is 2. The molecule has 4 rings (SSSR count). The molecule has 1 aromatic heterocycles. The Hall–Kier alpha value is -1.95. The van der Waals surface area contributed by atoms with Crippen LogP contribution in [0.15, 0.2) is 18.3 Å². The first-order valence-electron chi connectivity index (χ1n) is 9.11. The Balaban J connectivity index is 1.45. The van der Waals surface area contributed by atoms with Gasteiger partial charge in [-0.2, -0.15) is 0 Å². The lowest BCUT2D eigenvalue weighted by molar-refractivity contribution is -0.198. The van der Waals surface area contributed by atoms with Crippen LogP contribution in [-0.2, 0) is 9.53 Å². The summed E-state index contributed by atoms with van der Waals surface area (Å²) < 4.78 is 5.51. The molecule has 0 N–H and O–H groups in total. The van der Waals surface area contributed by atoms with Crippen molar-refractivity contribution in [2.45, 2.75) is 44.2 Å². The molecule has 25 heavy (non-hydrogen) atoms. The van der Waals surface area contributed by atoms with E-state index in [0.717, 1.165) is 25.1 Å². The van der Waals surface area contributed by atoms with Crippen LogP contribution >= 0.6 is 0 Å². The summed E-state index contributed by atoms with van der Waals surface area (Å²) in [6, 6.07) is 3.70. The number of aryl methyl sites for hydroxylation is 1. The van der Waals surface area contributed by atoms with Gasteiger partial charge in [0.2, 0.25) is 0 Å². The zero-order chi connectivity index (χ0) is 17.6. The van der Waals surface area contributed by atoms with Crippen LogP contribution in [0.2, 0.25) is 0 Å². The third-order valence-corrected chi connectivity index (χ3v) is 5.96. The monoisotopic (exact) mass is 343 g/mol. The molecule has 1 spiro atoms. The Kier molecular flexibility index (Phi) is 4.02. The summed E-state index contributed by atoms with van der Waals surface area (Å²) in [6.07, 6.45) is 5.32. The maximum atomic E-state index is 12.7. The molecule has 2 saturated heterocycles. The molecule has 3 heterocycles. The van der Waals surface area contributed by atoms with E-state index >= 15 is 0 Å². The van der Waals surface area contributed by atoms with Crippen molar-refractivity contribution in [3.8, 4) is 0 Å². The summed E-state index contributed by atoms with van der Waals surface area (Å²) in [6.45, 7) is 4.07. The first kappa shape index (κ1) is 16.5. The number of carbonyl (C=O) groups is 2. The highest BCUT2D eigenvalue weighted by molar-refractivity contribution is 5.94. The van der Waals surface area contributed by atoms with E-state index < -0.39 is 0 Å². The fourth-order valence-corrected chi connectivity index (χ4v) is 4.22. The molecule has 2 aliphatic heterocycles. The van der Waals surface area contributed by atoms with E-state index in [9.17, 15) is 9.59 Å². The molecule has 0 bridgehead atoms. The highest BCUT2D eigenvalue weighted by Crippen LogP contribution is 2.45. The molecule has 134 valence electrons. The Bertz CT molecular complexity index is 676. The van der Waals surface area contributed by atoms with Crippen LogP contribution in [0.1, 0.15) is 41.7 Å². The SMILES string of the molecule is COC1C(=O)N(CC2CC2)C12CCN(C(=O)c1ccc(C)nc1)CC2. The van der Waals surface area contributed by atoms with Crippen molar-refractivity contribution < 1.29 is 14.3 Å². The number of aromatic nitrogens is 1. The van der Waals surface area contributed by atoms with Gasteiger partial charge >= 0.3 is 0 Å². The molecule has 1 aromatic rings. The van der Waals surface area contributed by atoms with Crippen LogP contribution in [0.4, 0.5) is 0 Å². The highest BCUT2D eigenvalue weighted by Gasteiger charge is 2.61. The zero-order valence-electron chi connectivity index (χ0n) is 14.9. The standard InChI is InChI=1S/C19H25N3O3/c1-13-3-6-15(11-20-13)17(23)21-9-7-19(8-10-21)16(25-2)18(24)22(19)12-14-4-5-14/h3,6,11,14,16H,4-5,7-10,12H2,1-2H3. The lowest BCUT2D eigenvalue weighted by atomic mass is 9.72. The Labute approximate surface area is 148 Å². The number of methoxy groups -OCH3 is 1. The van der Waals surface area contributed by atoms with E-state index in [1.165, 1.54) is 12.8 Å². The topological polar surface area (TPSA) is 62.7 Å². The van der Waals surface area contributed by atoms with Crippen LogP contribution in [0, 0.1) is 12.8 Å². The highest BCUT2D eigenvalue weighted by atomic mass is 16.5. The summed E-state index contributed by atoms with van der Waals surface area (Å²) in [5.74, 6) is 0.810. The van der Waals surface area contributed by atoms with Crippen molar-refractivity contribution in [2.24, 2.45) is 5.92 Å². The van der Waals surface area contributed by atoms with Gasteiger partial charge in [-0.1, -0.05) is 0 Å². The summed E-state index contributed by atoms with van der Waals surface area (Å²) in [5, 5.41) is 0. The van der Waals surface area contributed by atoms with Gasteiger partial charge in [-0.25, -0.2) is 0 Å². The van der Waals surface area contributed by atoms with Gasteiger partial charge in [0.1, 0.15) is 0 Å². The second-order valence-electron chi connectivity index (χ2n) is 7.59. The third kappa shape index (κ3) is 2.72. The van der Waals surface area contributed by atoms with Gasteiger partial charge in [0.25, 0.3) is 11.8 Å². The summed E-state index contributed by atoms with van der Waals surface area (Å²) in [7, 11) is 1.62. The van der Waals surface area contributed by atoms with Gasteiger partial charge in [0, 0.05) is 38.6 Å². The van der Waals surface area contributed by atoms with Gasteiger partial charge in [0.15, 0.2) is 6.10 Å². The molecule has 1 saturated carbocycles. The number of hydrogen-bond donors (Lipinski definition) is 0. The molecule has 6 heteroatoms. The second-order valence-corrected chi connectivity index (χ2v) is 7.59. The van der Waals surface area contributed by atoms with Gasteiger partial charge in [-0.3, -0.25) is 14.6 Å². The van der Waals surface area contributed by atoms with Crippen LogP contribution in [0.3, 0.4) is 0 Å². The number of pyridine rings is 1. The predicted octanol–water partition coefficient (Wildman–Crippen LogP) is 1.63. The maximum Gasteiger partial charge on any atom is 0.255 e. The minimum Gasteiger partial charge on any atom is -0.369 e. The van der Waals surface area contributed by atoms with Crippen LogP contribution < -0.4 is 0 Å². The van der Waals surface area contributed by atoms with E-state index in [1.807, 2.05) is 28.9 Å². The predicted molar refractivity (Wildman–Crippen MR) is 92.1 cm³/mol. The van der Waals surface area contributed by atoms with Gasteiger partial charge in [0.05, 0.1) is 11.1 Å². The average Bonchev–Trinajstić information content (AvgIpc) is 3.45. The number of ether oxygens (including phenoxy) is 1. The largest absolute Gasteiger partial charge is 0.369 e. The molecule has 3 fully saturated rings. The lowest BCUT2D eigenvalue weighted by Crippen LogP contribution is -2.77. The second kappa shape index (κ2) is 6.09. The molecule has 2 amide bonds.